The summed E-state index contributed by atoms with van der Waals surface area (Å²) < 4.78 is 27.2. The summed E-state index contributed by atoms with van der Waals surface area (Å²) in [6.07, 6.45) is 0. The first-order chi connectivity index (χ1) is 14.3. The molecule has 0 aliphatic carbocycles. The van der Waals surface area contributed by atoms with Gasteiger partial charge in [-0.05, 0) is 49.4 Å². The van der Waals surface area contributed by atoms with E-state index in [2.05, 4.69) is 10.2 Å². The Hall–Kier alpha value is -2.19. The molecule has 9 heteroatoms. The van der Waals surface area contributed by atoms with Crippen LogP contribution in [0.3, 0.4) is 0 Å². The Bertz CT molecular complexity index is 1140. The Labute approximate surface area is 186 Å². The van der Waals surface area contributed by atoms with E-state index in [0.29, 0.717) is 52.6 Å². The molecule has 1 aliphatic rings. The number of halogens is 2. The second-order valence-corrected chi connectivity index (χ2v) is 9.89. The molecule has 2 aromatic carbocycles. The van der Waals surface area contributed by atoms with Crippen LogP contribution in [0.15, 0.2) is 59.5 Å². The number of aryl methyl sites for hydroxylation is 1. The lowest BCUT2D eigenvalue weighted by Crippen LogP contribution is -2.49. The van der Waals surface area contributed by atoms with E-state index in [-0.39, 0.29) is 0 Å². The number of benzene rings is 2. The van der Waals surface area contributed by atoms with E-state index in [1.165, 1.54) is 4.31 Å². The maximum atomic E-state index is 12.9. The Kier molecular flexibility index (Phi) is 5.97. The van der Waals surface area contributed by atoms with E-state index in [1.54, 1.807) is 24.3 Å². The second-order valence-electron chi connectivity index (χ2n) is 7.11. The van der Waals surface area contributed by atoms with Crippen LogP contribution in [-0.2, 0) is 10.0 Å². The molecule has 1 saturated heterocycles. The molecule has 1 aromatic heterocycles. The van der Waals surface area contributed by atoms with Gasteiger partial charge in [0.05, 0.1) is 15.6 Å². The van der Waals surface area contributed by atoms with Gasteiger partial charge < -0.3 is 4.90 Å². The maximum Gasteiger partial charge on any atom is 0.243 e. The number of anilines is 1. The first-order valence-corrected chi connectivity index (χ1v) is 11.6. The van der Waals surface area contributed by atoms with Crippen LogP contribution < -0.4 is 4.90 Å². The van der Waals surface area contributed by atoms with Crippen LogP contribution in [0.5, 0.6) is 0 Å². The summed E-state index contributed by atoms with van der Waals surface area (Å²) in [5.41, 5.74) is 2.44. The molecular formula is C21H20Cl2N4O2S. The van der Waals surface area contributed by atoms with E-state index >= 15 is 0 Å². The summed E-state index contributed by atoms with van der Waals surface area (Å²) in [6.45, 7) is 3.80. The largest absolute Gasteiger partial charge is 0.352 e. The molecule has 0 N–H and O–H groups in total. The zero-order valence-corrected chi connectivity index (χ0v) is 18.6. The van der Waals surface area contributed by atoms with Gasteiger partial charge in [-0.15, -0.1) is 10.2 Å². The monoisotopic (exact) mass is 462 g/mol. The molecule has 4 rings (SSSR count). The average molecular weight is 463 g/mol. The molecular weight excluding hydrogens is 443 g/mol. The van der Waals surface area contributed by atoms with E-state index in [4.69, 9.17) is 23.2 Å². The highest BCUT2D eigenvalue weighted by atomic mass is 35.5. The van der Waals surface area contributed by atoms with Gasteiger partial charge in [-0.2, -0.15) is 4.31 Å². The van der Waals surface area contributed by atoms with E-state index in [1.807, 2.05) is 42.2 Å². The third-order valence-corrected chi connectivity index (χ3v) is 7.54. The third-order valence-electron chi connectivity index (χ3n) is 5.08. The number of sulfonamides is 1. The van der Waals surface area contributed by atoms with Crippen molar-refractivity contribution in [1.29, 1.82) is 0 Å². The zero-order chi connectivity index (χ0) is 21.3. The highest BCUT2D eigenvalue weighted by Gasteiger charge is 2.29. The van der Waals surface area contributed by atoms with Crippen LogP contribution in [0.1, 0.15) is 5.56 Å². The lowest BCUT2D eigenvalue weighted by Gasteiger charge is -2.34. The van der Waals surface area contributed by atoms with Crippen molar-refractivity contribution in [1.82, 2.24) is 14.5 Å². The van der Waals surface area contributed by atoms with Crippen molar-refractivity contribution in [3.8, 4) is 11.3 Å². The molecule has 0 saturated carbocycles. The minimum absolute atomic E-state index is 0.325. The summed E-state index contributed by atoms with van der Waals surface area (Å²) in [7, 11) is -3.49. The molecule has 0 atom stereocenters. The highest BCUT2D eigenvalue weighted by molar-refractivity contribution is 7.89. The van der Waals surface area contributed by atoms with Crippen molar-refractivity contribution in [2.45, 2.75) is 11.8 Å². The van der Waals surface area contributed by atoms with Crippen LogP contribution in [-0.4, -0.2) is 49.1 Å². The minimum Gasteiger partial charge on any atom is -0.352 e. The first-order valence-electron chi connectivity index (χ1n) is 9.45. The van der Waals surface area contributed by atoms with E-state index in [0.717, 1.165) is 11.1 Å². The van der Waals surface area contributed by atoms with Gasteiger partial charge in [0, 0.05) is 36.8 Å². The number of nitrogens with zero attached hydrogens (tertiary/aromatic N) is 4. The van der Waals surface area contributed by atoms with Crippen molar-refractivity contribution in [3.05, 3.63) is 70.2 Å². The predicted octanol–water partition coefficient (Wildman–Crippen LogP) is 4.27. The number of piperazine rings is 1. The van der Waals surface area contributed by atoms with Gasteiger partial charge in [-0.3, -0.25) is 0 Å². The summed E-state index contributed by atoms with van der Waals surface area (Å²) in [5.74, 6) is 0.705. The summed E-state index contributed by atoms with van der Waals surface area (Å²) in [6, 6.07) is 15.9. The zero-order valence-electron chi connectivity index (χ0n) is 16.3. The molecule has 6 nitrogen and oxygen atoms in total. The standard InChI is InChI=1S/C21H20Cl2N4O2S/c1-15-2-5-17(6-3-15)30(28,29)27-12-10-26(11-13-27)21-9-8-20(24-25-21)18-7-4-16(22)14-19(18)23/h2-9,14H,10-13H2,1H3. The fourth-order valence-corrected chi connectivity index (χ4v) is 5.28. The van der Waals surface area contributed by atoms with Crippen LogP contribution in [0.2, 0.25) is 10.0 Å². The molecule has 3 aromatic rings. The highest BCUT2D eigenvalue weighted by Crippen LogP contribution is 2.29. The second kappa shape index (κ2) is 8.51. The fraction of sp³-hybridized carbons (Fsp3) is 0.238. The molecule has 1 aliphatic heterocycles. The van der Waals surface area contributed by atoms with Gasteiger partial charge in [0.15, 0.2) is 5.82 Å². The van der Waals surface area contributed by atoms with Crippen LogP contribution in [0.4, 0.5) is 5.82 Å². The SMILES string of the molecule is Cc1ccc(S(=O)(=O)N2CCN(c3ccc(-c4ccc(Cl)cc4Cl)nn3)CC2)cc1. The molecule has 156 valence electrons. The Morgan fingerprint density at radius 3 is 2.17 bits per heavy atom. The number of hydrogen-bond donors (Lipinski definition) is 0. The number of rotatable bonds is 4. The smallest absolute Gasteiger partial charge is 0.243 e. The fourth-order valence-electron chi connectivity index (χ4n) is 3.35. The Balaban J connectivity index is 1.44. The quantitative estimate of drug-likeness (QED) is 0.578. The van der Waals surface area contributed by atoms with Crippen LogP contribution in [0.25, 0.3) is 11.3 Å². The number of hydrogen-bond acceptors (Lipinski definition) is 5. The van der Waals surface area contributed by atoms with E-state index in [9.17, 15) is 8.42 Å². The van der Waals surface area contributed by atoms with Gasteiger partial charge in [0.2, 0.25) is 10.0 Å². The molecule has 0 unspecified atom stereocenters. The summed E-state index contributed by atoms with van der Waals surface area (Å²) in [5, 5.41) is 9.68. The molecule has 0 radical (unpaired) electrons. The normalized spacial score (nSPS) is 15.4. The maximum absolute atomic E-state index is 12.9. The lowest BCUT2D eigenvalue weighted by atomic mass is 10.1. The van der Waals surface area contributed by atoms with Gasteiger partial charge in [-0.1, -0.05) is 40.9 Å². The molecule has 2 heterocycles. The van der Waals surface area contributed by atoms with E-state index < -0.39 is 10.0 Å². The molecule has 1 fully saturated rings. The molecule has 0 spiro atoms. The average Bonchev–Trinajstić information content (AvgIpc) is 2.74. The molecule has 30 heavy (non-hydrogen) atoms. The predicted molar refractivity (Wildman–Crippen MR) is 120 cm³/mol. The van der Waals surface area contributed by atoms with Crippen LogP contribution in [0, 0.1) is 6.92 Å². The summed E-state index contributed by atoms with van der Waals surface area (Å²) >= 11 is 12.2. The summed E-state index contributed by atoms with van der Waals surface area (Å²) in [4.78, 5) is 2.35. The molecule has 0 bridgehead atoms. The van der Waals surface area contributed by atoms with Crippen molar-refractivity contribution in [3.63, 3.8) is 0 Å². The third kappa shape index (κ3) is 4.30. The van der Waals surface area contributed by atoms with Crippen molar-refractivity contribution in [2.75, 3.05) is 31.1 Å². The lowest BCUT2D eigenvalue weighted by molar-refractivity contribution is 0.383. The van der Waals surface area contributed by atoms with Gasteiger partial charge in [0.1, 0.15) is 0 Å². The minimum atomic E-state index is -3.49. The van der Waals surface area contributed by atoms with Crippen LogP contribution >= 0.6 is 23.2 Å². The topological polar surface area (TPSA) is 66.4 Å². The molecule has 0 amide bonds. The van der Waals surface area contributed by atoms with Crippen molar-refractivity contribution in [2.24, 2.45) is 0 Å². The van der Waals surface area contributed by atoms with Gasteiger partial charge >= 0.3 is 0 Å². The Morgan fingerprint density at radius 1 is 0.867 bits per heavy atom. The number of aromatic nitrogens is 2. The first kappa shape index (κ1) is 21.1. The Morgan fingerprint density at radius 2 is 1.57 bits per heavy atom. The van der Waals surface area contributed by atoms with Crippen molar-refractivity contribution >= 4 is 39.0 Å². The van der Waals surface area contributed by atoms with Crippen molar-refractivity contribution < 1.29 is 8.42 Å². The van der Waals surface area contributed by atoms with Gasteiger partial charge in [-0.25, -0.2) is 8.42 Å². The van der Waals surface area contributed by atoms with Gasteiger partial charge in [0.25, 0.3) is 0 Å².